The molecule has 2 fully saturated rings. The second-order valence-corrected chi connectivity index (χ2v) is 8.53. The minimum atomic E-state index is -0.0236. The third-order valence-electron chi connectivity index (χ3n) is 6.47. The number of hydrogen-bond donors (Lipinski definition) is 0. The highest BCUT2D eigenvalue weighted by Gasteiger charge is 2.29. The van der Waals surface area contributed by atoms with Crippen molar-refractivity contribution in [2.75, 3.05) is 39.8 Å². The molecule has 0 aromatic carbocycles. The fraction of sp³-hybridized carbons (Fsp3) is 0.565. The van der Waals surface area contributed by atoms with Crippen molar-refractivity contribution in [1.29, 1.82) is 0 Å². The molecule has 2 aliphatic heterocycles. The quantitative estimate of drug-likeness (QED) is 0.751. The van der Waals surface area contributed by atoms with Crippen molar-refractivity contribution in [2.24, 2.45) is 5.92 Å². The van der Waals surface area contributed by atoms with Crippen LogP contribution in [-0.2, 0) is 6.54 Å². The molecule has 1 amide bonds. The second kappa shape index (κ2) is 9.55. The van der Waals surface area contributed by atoms with E-state index in [9.17, 15) is 4.79 Å². The van der Waals surface area contributed by atoms with E-state index in [1.165, 1.54) is 25.9 Å². The molecule has 2 aromatic heterocycles. The van der Waals surface area contributed by atoms with Gasteiger partial charge in [-0.25, -0.2) is 0 Å². The molecule has 0 bridgehead atoms. The maximum absolute atomic E-state index is 13.0. The SMILES string of the molecule is CN1CCC(N2CCC(CN(Cc3ccncc3)C(=O)c3ccco3)CC2)CC1. The largest absolute Gasteiger partial charge is 0.459 e. The fourth-order valence-electron chi connectivity index (χ4n) is 4.66. The van der Waals surface area contributed by atoms with Crippen LogP contribution < -0.4 is 0 Å². The second-order valence-electron chi connectivity index (χ2n) is 8.53. The molecule has 0 radical (unpaired) electrons. The highest BCUT2D eigenvalue weighted by Crippen LogP contribution is 2.25. The predicted molar refractivity (Wildman–Crippen MR) is 113 cm³/mol. The number of hydrogen-bond acceptors (Lipinski definition) is 5. The lowest BCUT2D eigenvalue weighted by Gasteiger charge is -2.41. The summed E-state index contributed by atoms with van der Waals surface area (Å²) in [5.41, 5.74) is 1.10. The summed E-state index contributed by atoms with van der Waals surface area (Å²) in [5, 5.41) is 0. The first-order valence-electron chi connectivity index (χ1n) is 10.8. The Hall–Kier alpha value is -2.18. The van der Waals surface area contributed by atoms with E-state index in [0.717, 1.165) is 44.1 Å². The molecular weight excluding hydrogens is 364 g/mol. The van der Waals surface area contributed by atoms with Crippen LogP contribution in [0.1, 0.15) is 41.8 Å². The first-order valence-corrected chi connectivity index (χ1v) is 10.8. The van der Waals surface area contributed by atoms with Crippen molar-refractivity contribution in [3.8, 4) is 0 Å². The maximum atomic E-state index is 13.0. The normalized spacial score (nSPS) is 20.0. The summed E-state index contributed by atoms with van der Waals surface area (Å²) in [5.74, 6) is 0.936. The number of furan rings is 1. The number of likely N-dealkylation sites (tertiary alicyclic amines) is 2. The van der Waals surface area contributed by atoms with Crippen molar-refractivity contribution >= 4 is 5.91 Å². The van der Waals surface area contributed by atoms with Gasteiger partial charge in [-0.05, 0) is 94.7 Å². The molecule has 4 heterocycles. The van der Waals surface area contributed by atoms with Gasteiger partial charge in [-0.15, -0.1) is 0 Å². The Bertz CT molecular complexity index is 748. The number of aromatic nitrogens is 1. The average molecular weight is 397 g/mol. The van der Waals surface area contributed by atoms with Crippen molar-refractivity contribution in [3.63, 3.8) is 0 Å². The van der Waals surface area contributed by atoms with Gasteiger partial charge in [-0.3, -0.25) is 9.78 Å². The van der Waals surface area contributed by atoms with E-state index < -0.39 is 0 Å². The zero-order valence-electron chi connectivity index (χ0n) is 17.4. The lowest BCUT2D eigenvalue weighted by molar-refractivity contribution is 0.0565. The van der Waals surface area contributed by atoms with Gasteiger partial charge in [0.05, 0.1) is 6.26 Å². The fourth-order valence-corrected chi connectivity index (χ4v) is 4.66. The zero-order chi connectivity index (χ0) is 20.1. The minimum absolute atomic E-state index is 0.0236. The number of carbonyl (C=O) groups excluding carboxylic acids is 1. The summed E-state index contributed by atoms with van der Waals surface area (Å²) in [7, 11) is 2.22. The summed E-state index contributed by atoms with van der Waals surface area (Å²) < 4.78 is 5.39. The molecule has 2 aliphatic rings. The highest BCUT2D eigenvalue weighted by molar-refractivity contribution is 5.91. The van der Waals surface area contributed by atoms with Crippen molar-refractivity contribution in [1.82, 2.24) is 19.7 Å². The number of amides is 1. The molecule has 0 N–H and O–H groups in total. The third kappa shape index (κ3) is 5.25. The summed E-state index contributed by atoms with van der Waals surface area (Å²) in [4.78, 5) is 24.2. The van der Waals surface area contributed by atoms with E-state index in [1.807, 2.05) is 17.0 Å². The van der Waals surface area contributed by atoms with Gasteiger partial charge in [0.15, 0.2) is 5.76 Å². The highest BCUT2D eigenvalue weighted by atomic mass is 16.3. The first kappa shape index (κ1) is 20.1. The number of nitrogens with zero attached hydrogens (tertiary/aromatic N) is 4. The van der Waals surface area contributed by atoms with Crippen LogP contribution in [-0.4, -0.2) is 71.4 Å². The number of pyridine rings is 1. The Morgan fingerprint density at radius 3 is 2.48 bits per heavy atom. The lowest BCUT2D eigenvalue weighted by Crippen LogP contribution is -2.48. The minimum Gasteiger partial charge on any atom is -0.459 e. The molecule has 156 valence electrons. The first-order chi connectivity index (χ1) is 14.2. The Morgan fingerprint density at radius 1 is 1.10 bits per heavy atom. The molecule has 2 saturated heterocycles. The molecule has 0 spiro atoms. The van der Waals surface area contributed by atoms with Crippen LogP contribution in [0.5, 0.6) is 0 Å². The summed E-state index contributed by atoms with van der Waals surface area (Å²) in [6.45, 7) is 6.10. The van der Waals surface area contributed by atoms with E-state index >= 15 is 0 Å². The molecule has 29 heavy (non-hydrogen) atoms. The van der Waals surface area contributed by atoms with E-state index in [2.05, 4.69) is 21.8 Å². The predicted octanol–water partition coefficient (Wildman–Crippen LogP) is 3.12. The molecule has 0 saturated carbocycles. The Labute approximate surface area is 173 Å². The Kier molecular flexibility index (Phi) is 6.62. The van der Waals surface area contributed by atoms with Crippen LogP contribution in [0.4, 0.5) is 0 Å². The van der Waals surface area contributed by atoms with Crippen molar-refractivity contribution < 1.29 is 9.21 Å². The van der Waals surface area contributed by atoms with Crippen LogP contribution in [0.25, 0.3) is 0 Å². The van der Waals surface area contributed by atoms with Gasteiger partial charge in [0.1, 0.15) is 0 Å². The van der Waals surface area contributed by atoms with E-state index in [-0.39, 0.29) is 5.91 Å². The molecule has 2 aromatic rings. The smallest absolute Gasteiger partial charge is 0.289 e. The third-order valence-corrected chi connectivity index (χ3v) is 6.47. The van der Waals surface area contributed by atoms with Gasteiger partial charge in [-0.2, -0.15) is 0 Å². The molecule has 0 atom stereocenters. The molecular formula is C23H32N4O2. The van der Waals surface area contributed by atoms with Gasteiger partial charge in [0.2, 0.25) is 0 Å². The molecule has 0 unspecified atom stereocenters. The number of piperidine rings is 2. The van der Waals surface area contributed by atoms with Crippen LogP contribution in [0, 0.1) is 5.92 Å². The summed E-state index contributed by atoms with van der Waals surface area (Å²) in [6.07, 6.45) is 10.0. The molecule has 6 heteroatoms. The molecule has 0 aliphatic carbocycles. The summed E-state index contributed by atoms with van der Waals surface area (Å²) >= 11 is 0. The van der Waals surface area contributed by atoms with Crippen molar-refractivity contribution in [3.05, 3.63) is 54.2 Å². The van der Waals surface area contributed by atoms with Crippen LogP contribution in [0.2, 0.25) is 0 Å². The van der Waals surface area contributed by atoms with Gasteiger partial charge >= 0.3 is 0 Å². The van der Waals surface area contributed by atoms with Crippen LogP contribution in [0.15, 0.2) is 47.3 Å². The topological polar surface area (TPSA) is 52.8 Å². The van der Waals surface area contributed by atoms with E-state index in [1.54, 1.807) is 30.8 Å². The van der Waals surface area contributed by atoms with Gasteiger partial charge in [0, 0.05) is 31.5 Å². The van der Waals surface area contributed by atoms with E-state index in [4.69, 9.17) is 4.42 Å². The van der Waals surface area contributed by atoms with Crippen LogP contribution in [0.3, 0.4) is 0 Å². The summed E-state index contributed by atoms with van der Waals surface area (Å²) in [6, 6.07) is 8.23. The van der Waals surface area contributed by atoms with E-state index in [0.29, 0.717) is 18.2 Å². The maximum Gasteiger partial charge on any atom is 0.289 e. The Morgan fingerprint density at radius 2 is 1.83 bits per heavy atom. The zero-order valence-corrected chi connectivity index (χ0v) is 17.4. The van der Waals surface area contributed by atoms with Crippen LogP contribution >= 0.6 is 0 Å². The Balaban J connectivity index is 1.36. The lowest BCUT2D eigenvalue weighted by atomic mass is 9.93. The number of carbonyl (C=O) groups is 1. The van der Waals surface area contributed by atoms with Gasteiger partial charge < -0.3 is 19.1 Å². The monoisotopic (exact) mass is 396 g/mol. The van der Waals surface area contributed by atoms with Gasteiger partial charge in [0.25, 0.3) is 5.91 Å². The molecule has 6 nitrogen and oxygen atoms in total. The molecule has 4 rings (SSSR count). The standard InChI is InChI=1S/C23H32N4O2/c1-25-12-8-21(9-13-25)26-14-6-20(7-15-26)18-27(17-19-4-10-24-11-5-19)23(28)22-3-2-16-29-22/h2-5,10-11,16,20-21H,6-9,12-15,17-18H2,1H3. The van der Waals surface area contributed by atoms with Gasteiger partial charge in [-0.1, -0.05) is 0 Å². The average Bonchev–Trinajstić information content (AvgIpc) is 3.30. The number of rotatable bonds is 6. The van der Waals surface area contributed by atoms with Crippen molar-refractivity contribution in [2.45, 2.75) is 38.3 Å².